The first kappa shape index (κ1) is 19.4. The van der Waals surface area contributed by atoms with Gasteiger partial charge >= 0.3 is 0 Å². The SMILES string of the molecule is COc1ccc(CCNc2cc(NCc3ccccn3)nc(C)n2)cc1OC. The van der Waals surface area contributed by atoms with Crippen molar-refractivity contribution in [2.45, 2.75) is 19.9 Å². The van der Waals surface area contributed by atoms with Crippen LogP contribution in [0.4, 0.5) is 11.6 Å². The van der Waals surface area contributed by atoms with Crippen LogP contribution in [0.25, 0.3) is 0 Å². The fourth-order valence-corrected chi connectivity index (χ4v) is 2.80. The molecule has 0 radical (unpaired) electrons. The molecule has 0 fully saturated rings. The van der Waals surface area contributed by atoms with Crippen LogP contribution in [-0.4, -0.2) is 35.7 Å². The van der Waals surface area contributed by atoms with Crippen LogP contribution in [0, 0.1) is 6.92 Å². The Morgan fingerprint density at radius 3 is 2.39 bits per heavy atom. The third kappa shape index (κ3) is 5.33. The Labute approximate surface area is 165 Å². The second-order valence-corrected chi connectivity index (χ2v) is 6.23. The molecule has 0 atom stereocenters. The minimum absolute atomic E-state index is 0.613. The molecule has 2 aromatic heterocycles. The van der Waals surface area contributed by atoms with E-state index in [4.69, 9.17) is 9.47 Å². The predicted octanol–water partition coefficient (Wildman–Crippen LogP) is 3.46. The van der Waals surface area contributed by atoms with Crippen molar-refractivity contribution in [2.24, 2.45) is 0 Å². The highest BCUT2D eigenvalue weighted by atomic mass is 16.5. The van der Waals surface area contributed by atoms with Crippen molar-refractivity contribution < 1.29 is 9.47 Å². The molecule has 0 aliphatic rings. The molecular formula is C21H25N5O2. The normalized spacial score (nSPS) is 10.4. The number of aromatic nitrogens is 3. The van der Waals surface area contributed by atoms with Gasteiger partial charge in [-0.15, -0.1) is 0 Å². The number of pyridine rings is 1. The molecule has 0 amide bonds. The number of hydrogen-bond donors (Lipinski definition) is 2. The third-order valence-electron chi connectivity index (χ3n) is 4.18. The molecule has 2 N–H and O–H groups in total. The number of hydrogen-bond acceptors (Lipinski definition) is 7. The number of nitrogens with zero attached hydrogens (tertiary/aromatic N) is 3. The summed E-state index contributed by atoms with van der Waals surface area (Å²) in [5.41, 5.74) is 2.12. The molecule has 0 saturated heterocycles. The van der Waals surface area contributed by atoms with Crippen LogP contribution in [0.2, 0.25) is 0 Å². The molecule has 3 aromatic rings. The van der Waals surface area contributed by atoms with Gasteiger partial charge in [0, 0.05) is 18.8 Å². The van der Waals surface area contributed by atoms with Gasteiger partial charge in [-0.05, 0) is 43.2 Å². The van der Waals surface area contributed by atoms with Gasteiger partial charge in [-0.1, -0.05) is 12.1 Å². The smallest absolute Gasteiger partial charge is 0.160 e. The molecule has 7 nitrogen and oxygen atoms in total. The molecule has 1 aromatic carbocycles. The zero-order valence-electron chi connectivity index (χ0n) is 16.4. The van der Waals surface area contributed by atoms with Crippen LogP contribution in [-0.2, 0) is 13.0 Å². The molecule has 0 aliphatic heterocycles. The monoisotopic (exact) mass is 379 g/mol. The van der Waals surface area contributed by atoms with E-state index in [-0.39, 0.29) is 0 Å². The van der Waals surface area contributed by atoms with Gasteiger partial charge in [0.15, 0.2) is 11.5 Å². The van der Waals surface area contributed by atoms with Crippen molar-refractivity contribution in [3.8, 4) is 11.5 Å². The quantitative estimate of drug-likeness (QED) is 0.589. The van der Waals surface area contributed by atoms with Crippen LogP contribution in [0.15, 0.2) is 48.7 Å². The van der Waals surface area contributed by atoms with E-state index in [9.17, 15) is 0 Å². The predicted molar refractivity (Wildman–Crippen MR) is 110 cm³/mol. The Hall–Kier alpha value is -3.35. The molecule has 146 valence electrons. The number of ether oxygens (including phenoxy) is 2. The van der Waals surface area contributed by atoms with E-state index in [1.807, 2.05) is 49.4 Å². The minimum Gasteiger partial charge on any atom is -0.493 e. The molecule has 0 bridgehead atoms. The van der Waals surface area contributed by atoms with Gasteiger partial charge in [-0.2, -0.15) is 0 Å². The average Bonchev–Trinajstić information content (AvgIpc) is 2.72. The molecule has 7 heteroatoms. The molecule has 3 rings (SSSR count). The van der Waals surface area contributed by atoms with E-state index in [0.717, 1.165) is 47.4 Å². The van der Waals surface area contributed by atoms with Crippen LogP contribution in [0.5, 0.6) is 11.5 Å². The number of rotatable bonds is 9. The van der Waals surface area contributed by atoms with Crippen molar-refractivity contribution in [1.82, 2.24) is 15.0 Å². The summed E-state index contributed by atoms with van der Waals surface area (Å²) in [5, 5.41) is 6.65. The first-order valence-electron chi connectivity index (χ1n) is 9.12. The van der Waals surface area contributed by atoms with E-state index in [1.54, 1.807) is 20.4 Å². The fourth-order valence-electron chi connectivity index (χ4n) is 2.80. The van der Waals surface area contributed by atoms with Gasteiger partial charge in [0.25, 0.3) is 0 Å². The highest BCUT2D eigenvalue weighted by molar-refractivity contribution is 5.48. The topological polar surface area (TPSA) is 81.2 Å². The van der Waals surface area contributed by atoms with Crippen molar-refractivity contribution in [3.05, 3.63) is 65.7 Å². The fraction of sp³-hybridized carbons (Fsp3) is 0.286. The summed E-state index contributed by atoms with van der Waals surface area (Å²) in [7, 11) is 3.28. The summed E-state index contributed by atoms with van der Waals surface area (Å²) in [6, 6.07) is 13.7. The maximum atomic E-state index is 5.36. The largest absolute Gasteiger partial charge is 0.493 e. The Kier molecular flexibility index (Phi) is 6.62. The van der Waals surface area contributed by atoms with Crippen LogP contribution >= 0.6 is 0 Å². The lowest BCUT2D eigenvalue weighted by molar-refractivity contribution is 0.354. The Morgan fingerprint density at radius 1 is 0.893 bits per heavy atom. The van der Waals surface area contributed by atoms with E-state index in [0.29, 0.717) is 12.4 Å². The van der Waals surface area contributed by atoms with Crippen LogP contribution < -0.4 is 20.1 Å². The van der Waals surface area contributed by atoms with E-state index in [1.165, 1.54) is 0 Å². The standard InChI is InChI=1S/C21H25N5O2/c1-15-25-20(13-21(26-15)24-14-17-6-4-5-10-22-17)23-11-9-16-7-8-18(27-2)19(12-16)28-3/h4-8,10,12-13H,9,11,14H2,1-3H3,(H2,23,24,25,26). The second-order valence-electron chi connectivity index (χ2n) is 6.23. The Morgan fingerprint density at radius 2 is 1.68 bits per heavy atom. The van der Waals surface area contributed by atoms with Crippen LogP contribution in [0.3, 0.4) is 0 Å². The van der Waals surface area contributed by atoms with Gasteiger partial charge < -0.3 is 20.1 Å². The van der Waals surface area contributed by atoms with Crippen LogP contribution in [0.1, 0.15) is 17.1 Å². The maximum absolute atomic E-state index is 5.36. The Balaban J connectivity index is 1.58. The highest BCUT2D eigenvalue weighted by Crippen LogP contribution is 2.27. The summed E-state index contributed by atoms with van der Waals surface area (Å²) < 4.78 is 10.6. The maximum Gasteiger partial charge on any atom is 0.160 e. The van der Waals surface area contributed by atoms with Crippen molar-refractivity contribution in [3.63, 3.8) is 0 Å². The van der Waals surface area contributed by atoms with Gasteiger partial charge in [-0.25, -0.2) is 9.97 Å². The van der Waals surface area contributed by atoms with E-state index in [2.05, 4.69) is 25.6 Å². The average molecular weight is 379 g/mol. The zero-order valence-corrected chi connectivity index (χ0v) is 16.4. The molecule has 2 heterocycles. The van der Waals surface area contributed by atoms with E-state index < -0.39 is 0 Å². The summed E-state index contributed by atoms with van der Waals surface area (Å²) in [5.74, 6) is 3.73. The van der Waals surface area contributed by atoms with Gasteiger partial charge in [-0.3, -0.25) is 4.98 Å². The molecule has 28 heavy (non-hydrogen) atoms. The van der Waals surface area contributed by atoms with Crippen molar-refractivity contribution in [2.75, 3.05) is 31.4 Å². The van der Waals surface area contributed by atoms with Gasteiger partial charge in [0.2, 0.25) is 0 Å². The molecule has 0 spiro atoms. The van der Waals surface area contributed by atoms with Gasteiger partial charge in [0.1, 0.15) is 17.5 Å². The number of nitrogens with one attached hydrogen (secondary N) is 2. The molecule has 0 aliphatic carbocycles. The number of anilines is 2. The number of aryl methyl sites for hydroxylation is 1. The molecule has 0 saturated carbocycles. The summed E-state index contributed by atoms with van der Waals surface area (Å²) in [4.78, 5) is 13.2. The third-order valence-corrected chi connectivity index (χ3v) is 4.18. The summed E-state index contributed by atoms with van der Waals surface area (Å²) in [6.45, 7) is 3.24. The van der Waals surface area contributed by atoms with Crippen molar-refractivity contribution in [1.29, 1.82) is 0 Å². The number of methoxy groups -OCH3 is 2. The highest BCUT2D eigenvalue weighted by Gasteiger charge is 2.06. The molecular weight excluding hydrogens is 354 g/mol. The summed E-state index contributed by atoms with van der Waals surface area (Å²) >= 11 is 0. The Bertz CT molecular complexity index is 903. The van der Waals surface area contributed by atoms with Crippen molar-refractivity contribution >= 4 is 11.6 Å². The van der Waals surface area contributed by atoms with E-state index >= 15 is 0 Å². The zero-order chi connectivity index (χ0) is 19.8. The lowest BCUT2D eigenvalue weighted by Crippen LogP contribution is -2.10. The first-order chi connectivity index (χ1) is 13.7. The molecule has 0 unspecified atom stereocenters. The van der Waals surface area contributed by atoms with Gasteiger partial charge in [0.05, 0.1) is 26.5 Å². The lowest BCUT2D eigenvalue weighted by atomic mass is 10.1. The lowest BCUT2D eigenvalue weighted by Gasteiger charge is -2.11. The second kappa shape index (κ2) is 9.55. The number of benzene rings is 1. The summed E-state index contributed by atoms with van der Waals surface area (Å²) in [6.07, 6.45) is 2.61. The first-order valence-corrected chi connectivity index (χ1v) is 9.12. The minimum atomic E-state index is 0.613.